The molecule has 0 saturated heterocycles. The SMILES string of the molecule is C=C/C1=C/OC2CCC3=C(O2)OC(CC3)Oc2c(cc(C(C)(C)CC(C)(C)C)cc2-n2c3cc(C(C)(C)C)ccc3c3ccc(C(C)(C)C)cc32)-c2cc(F)cc(C)c2OCCCOc2c(C)cc(F)cc21. The van der Waals surface area contributed by atoms with Gasteiger partial charge in [0.1, 0.15) is 23.1 Å². The molecule has 0 radical (unpaired) electrons. The van der Waals surface area contributed by atoms with Crippen molar-refractivity contribution in [2.75, 3.05) is 13.2 Å². The monoisotopic (exact) mass is 978 g/mol. The molecular formula is C63H73F2NO6. The van der Waals surface area contributed by atoms with Crippen molar-refractivity contribution in [3.05, 3.63) is 148 Å². The van der Waals surface area contributed by atoms with E-state index in [0.29, 0.717) is 88.7 Å². The summed E-state index contributed by atoms with van der Waals surface area (Å²) in [6.45, 7) is 33.1. The molecule has 3 aliphatic rings. The fraction of sp³-hybridized carbons (Fsp3) is 0.429. The maximum Gasteiger partial charge on any atom is 0.284 e. The number of ether oxygens (including phenoxy) is 6. The lowest BCUT2D eigenvalue weighted by molar-refractivity contribution is -0.182. The Balaban J connectivity index is 1.33. The molecule has 0 saturated carbocycles. The summed E-state index contributed by atoms with van der Waals surface area (Å²) in [5.41, 5.74) is 10.3. The maximum absolute atomic E-state index is 16.4. The molecule has 7 nitrogen and oxygen atoms in total. The average Bonchev–Trinajstić information content (AvgIpc) is 3.61. The minimum atomic E-state index is -0.796. The van der Waals surface area contributed by atoms with Crippen molar-refractivity contribution in [1.29, 1.82) is 0 Å². The van der Waals surface area contributed by atoms with Gasteiger partial charge in [0.15, 0.2) is 5.75 Å². The Morgan fingerprint density at radius 2 is 1.14 bits per heavy atom. The molecule has 5 aromatic carbocycles. The highest BCUT2D eigenvalue weighted by molar-refractivity contribution is 6.10. The Labute approximate surface area is 425 Å². The molecule has 9 rings (SSSR count). The Morgan fingerprint density at radius 1 is 0.611 bits per heavy atom. The van der Waals surface area contributed by atoms with Gasteiger partial charge in [-0.05, 0) is 131 Å². The Hall–Kier alpha value is -6.22. The van der Waals surface area contributed by atoms with Gasteiger partial charge in [-0.2, -0.15) is 0 Å². The van der Waals surface area contributed by atoms with E-state index in [1.807, 2.05) is 13.8 Å². The first-order valence-corrected chi connectivity index (χ1v) is 25.7. The molecule has 0 aliphatic carbocycles. The summed E-state index contributed by atoms with van der Waals surface area (Å²) in [6.07, 6.45) is 5.54. The van der Waals surface area contributed by atoms with E-state index >= 15 is 8.78 Å². The minimum absolute atomic E-state index is 0.0273. The lowest BCUT2D eigenvalue weighted by Crippen LogP contribution is -2.31. The number of aryl methyl sites for hydroxylation is 2. The minimum Gasteiger partial charge on any atom is -0.493 e. The van der Waals surface area contributed by atoms with Crippen molar-refractivity contribution in [2.24, 2.45) is 5.41 Å². The summed E-state index contributed by atoms with van der Waals surface area (Å²) in [7, 11) is 0. The molecule has 0 fully saturated rings. The van der Waals surface area contributed by atoms with Crippen LogP contribution in [0.1, 0.15) is 148 Å². The second-order valence-electron chi connectivity index (χ2n) is 24.1. The van der Waals surface area contributed by atoms with Crippen LogP contribution >= 0.6 is 0 Å². The third kappa shape index (κ3) is 10.2. The van der Waals surface area contributed by atoms with E-state index in [9.17, 15) is 0 Å². The average molecular weight is 978 g/mol. The van der Waals surface area contributed by atoms with Crippen molar-refractivity contribution in [3.63, 3.8) is 0 Å². The van der Waals surface area contributed by atoms with Gasteiger partial charge >= 0.3 is 0 Å². The van der Waals surface area contributed by atoms with Gasteiger partial charge < -0.3 is 33.0 Å². The third-order valence-corrected chi connectivity index (χ3v) is 14.4. The second-order valence-corrected chi connectivity index (χ2v) is 24.1. The van der Waals surface area contributed by atoms with Crippen LogP contribution in [0.15, 0.2) is 103 Å². The van der Waals surface area contributed by atoms with Crippen LogP contribution in [0.5, 0.6) is 17.2 Å². The van der Waals surface area contributed by atoms with Gasteiger partial charge in [0.05, 0.1) is 36.2 Å². The van der Waals surface area contributed by atoms with Crippen LogP contribution in [0.2, 0.25) is 0 Å². The fourth-order valence-corrected chi connectivity index (χ4v) is 10.9. The highest BCUT2D eigenvalue weighted by Gasteiger charge is 2.36. The zero-order chi connectivity index (χ0) is 51.7. The summed E-state index contributed by atoms with van der Waals surface area (Å²) in [4.78, 5) is 0. The number of aromatic nitrogens is 1. The summed E-state index contributed by atoms with van der Waals surface area (Å²) < 4.78 is 74.2. The third-order valence-electron chi connectivity index (χ3n) is 14.4. The molecule has 72 heavy (non-hydrogen) atoms. The van der Waals surface area contributed by atoms with Crippen LogP contribution in [0.25, 0.3) is 44.2 Å². The predicted molar refractivity (Wildman–Crippen MR) is 287 cm³/mol. The number of hydrogen-bond acceptors (Lipinski definition) is 6. The normalized spacial score (nSPS) is 18.8. The molecule has 2 unspecified atom stereocenters. The number of allylic oxidation sites excluding steroid dienone is 3. The van der Waals surface area contributed by atoms with Crippen molar-refractivity contribution in [3.8, 4) is 34.1 Å². The van der Waals surface area contributed by atoms with Crippen molar-refractivity contribution >= 4 is 27.4 Å². The molecule has 9 heteroatoms. The maximum atomic E-state index is 16.4. The van der Waals surface area contributed by atoms with Crippen LogP contribution in [0.4, 0.5) is 8.78 Å². The smallest absolute Gasteiger partial charge is 0.284 e. The summed E-state index contributed by atoms with van der Waals surface area (Å²) in [5, 5.41) is 2.24. The molecule has 1 aromatic heterocycles. The highest BCUT2D eigenvalue weighted by atomic mass is 19.1. The quantitative estimate of drug-likeness (QED) is 0.175. The largest absolute Gasteiger partial charge is 0.493 e. The van der Waals surface area contributed by atoms with E-state index in [-0.39, 0.29) is 34.9 Å². The molecular weight excluding hydrogens is 905 g/mol. The first-order chi connectivity index (χ1) is 33.9. The molecule has 6 aromatic rings. The summed E-state index contributed by atoms with van der Waals surface area (Å²) in [6, 6.07) is 24.1. The van der Waals surface area contributed by atoms with Crippen LogP contribution in [0, 0.1) is 30.9 Å². The molecule has 0 N–H and O–H groups in total. The van der Waals surface area contributed by atoms with Gasteiger partial charge in [0, 0.05) is 57.9 Å². The number of hydrogen-bond donors (Lipinski definition) is 0. The van der Waals surface area contributed by atoms with E-state index < -0.39 is 24.2 Å². The fourth-order valence-electron chi connectivity index (χ4n) is 10.9. The van der Waals surface area contributed by atoms with Gasteiger partial charge in [0.2, 0.25) is 12.6 Å². The predicted octanol–water partition coefficient (Wildman–Crippen LogP) is 16.9. The van der Waals surface area contributed by atoms with Crippen molar-refractivity contribution < 1.29 is 37.2 Å². The van der Waals surface area contributed by atoms with Gasteiger partial charge in [-0.3, -0.25) is 0 Å². The Bertz CT molecular complexity index is 3080. The summed E-state index contributed by atoms with van der Waals surface area (Å²) >= 11 is 0. The zero-order valence-corrected chi connectivity index (χ0v) is 44.8. The molecule has 2 atom stereocenters. The number of rotatable bonds is 4. The molecule has 380 valence electrons. The first-order valence-electron chi connectivity index (χ1n) is 25.7. The number of nitrogens with zero attached hydrogens (tertiary/aromatic N) is 1. The van der Waals surface area contributed by atoms with Crippen molar-refractivity contribution in [2.45, 2.75) is 157 Å². The van der Waals surface area contributed by atoms with Gasteiger partial charge in [-0.25, -0.2) is 8.78 Å². The van der Waals surface area contributed by atoms with E-state index in [1.165, 1.54) is 29.3 Å². The Morgan fingerprint density at radius 3 is 1.69 bits per heavy atom. The van der Waals surface area contributed by atoms with Crippen LogP contribution < -0.4 is 14.2 Å². The van der Waals surface area contributed by atoms with Gasteiger partial charge in [0.25, 0.3) is 5.95 Å². The van der Waals surface area contributed by atoms with Crippen LogP contribution in [-0.4, -0.2) is 30.4 Å². The topological polar surface area (TPSA) is 60.3 Å². The number of fused-ring (bicyclic) bond motifs is 9. The van der Waals surface area contributed by atoms with E-state index in [4.69, 9.17) is 28.4 Å². The second kappa shape index (κ2) is 19.0. The van der Waals surface area contributed by atoms with Gasteiger partial charge in [-0.1, -0.05) is 113 Å². The van der Waals surface area contributed by atoms with E-state index in [1.54, 1.807) is 18.4 Å². The zero-order valence-electron chi connectivity index (χ0n) is 44.8. The van der Waals surface area contributed by atoms with Crippen LogP contribution in [-0.2, 0) is 30.5 Å². The van der Waals surface area contributed by atoms with E-state index in [0.717, 1.165) is 45.1 Å². The first kappa shape index (κ1) is 50.7. The molecule has 4 heterocycles. The Kier molecular flexibility index (Phi) is 13.4. The van der Waals surface area contributed by atoms with Gasteiger partial charge in [-0.15, -0.1) is 0 Å². The lowest BCUT2D eigenvalue weighted by atomic mass is 9.71. The molecule has 3 aliphatic heterocycles. The van der Waals surface area contributed by atoms with E-state index in [2.05, 4.69) is 136 Å². The molecule has 3 bridgehead atoms. The molecule has 0 amide bonds. The van der Waals surface area contributed by atoms with Crippen molar-refractivity contribution in [1.82, 2.24) is 4.57 Å². The molecule has 0 spiro atoms. The summed E-state index contributed by atoms with van der Waals surface area (Å²) in [5.74, 6) is 1.17. The number of benzene rings is 5. The lowest BCUT2D eigenvalue weighted by Gasteiger charge is -2.36. The number of halogens is 2. The highest BCUT2D eigenvalue weighted by Crippen LogP contribution is 2.50. The standard InChI is InChI=1S/C63H73F2NO6/c1-15-39-35-69-54-23-17-40-18-24-55(72-59(40)71-54)70-58-49(50-34-45(65)28-38(3)57(50)68-26-16-25-67-56-37(2)27-44(64)33-48(39)56)29-43(63(13,14)36-60(4,5)6)32-53(58)66-51-30-41(61(7,8)9)19-21-46(51)47-22-20-42(31-52(47)66)62(10,11)12/h15,19-22,27-35,54-55H,1,16-18,23-26,36H2,2-14H3/b39-35-. The van der Waals surface area contributed by atoms with Crippen LogP contribution in [0.3, 0.4) is 0 Å².